The van der Waals surface area contributed by atoms with E-state index in [2.05, 4.69) is 27.7 Å². The molecule has 1 rings (SSSR count). The summed E-state index contributed by atoms with van der Waals surface area (Å²) < 4.78 is 0. The van der Waals surface area contributed by atoms with E-state index in [0.29, 0.717) is 0 Å². The lowest BCUT2D eigenvalue weighted by Gasteiger charge is -1.93. The van der Waals surface area contributed by atoms with Gasteiger partial charge in [0.2, 0.25) is 0 Å². The zero-order chi connectivity index (χ0) is 10.6. The maximum Gasteiger partial charge on any atom is 0.326 e. The van der Waals surface area contributed by atoms with Crippen molar-refractivity contribution in [1.82, 2.24) is 15.4 Å². The zero-order valence-electron chi connectivity index (χ0n) is 6.90. The number of nitrogens with zero attached hydrogens (tertiary/aromatic N) is 1. The number of nitrogens with two attached hydrogens (primary N) is 1. The molecule has 14 heavy (non-hydrogen) atoms. The minimum absolute atomic E-state index is 0.00608. The number of H-pyrrole nitrogens is 2. The van der Waals surface area contributed by atoms with Crippen molar-refractivity contribution in [2.45, 2.75) is 0 Å². The second-order valence-electron chi connectivity index (χ2n) is 2.28. The number of hydrogen-bond donors (Lipinski definition) is 4. The summed E-state index contributed by atoms with van der Waals surface area (Å²) in [6, 6.07) is 1.17. The van der Waals surface area contributed by atoms with Crippen LogP contribution < -0.4 is 22.4 Å². The van der Waals surface area contributed by atoms with Crippen LogP contribution in [0.2, 0.25) is 0 Å². The first-order chi connectivity index (χ1) is 6.58. The molecule has 0 amide bonds. The maximum absolute atomic E-state index is 10.8. The summed E-state index contributed by atoms with van der Waals surface area (Å²) in [6.45, 7) is 0. The molecule has 0 spiro atoms. The second-order valence-corrected chi connectivity index (χ2v) is 2.72. The van der Waals surface area contributed by atoms with Gasteiger partial charge < -0.3 is 10.7 Å². The Morgan fingerprint density at radius 3 is 2.86 bits per heavy atom. The second kappa shape index (κ2) is 4.33. The van der Waals surface area contributed by atoms with Crippen molar-refractivity contribution in [2.75, 3.05) is 0 Å². The van der Waals surface area contributed by atoms with E-state index in [-0.39, 0.29) is 10.8 Å². The Morgan fingerprint density at radius 2 is 2.29 bits per heavy atom. The van der Waals surface area contributed by atoms with Crippen LogP contribution in [0.25, 0.3) is 0 Å². The molecule has 74 valence electrons. The number of aromatic nitrogens is 2. The van der Waals surface area contributed by atoms with Gasteiger partial charge in [-0.25, -0.2) is 4.79 Å². The quantitative estimate of drug-likeness (QED) is 0.263. The SMILES string of the molecule is NC(=S)N/N=C\c1cc(=O)[nH]c(=O)[nH]1. The Morgan fingerprint density at radius 1 is 1.57 bits per heavy atom. The number of nitrogens with one attached hydrogen (secondary N) is 3. The average Bonchev–Trinajstić information content (AvgIpc) is 2.01. The van der Waals surface area contributed by atoms with Gasteiger partial charge in [0, 0.05) is 6.07 Å². The molecule has 0 saturated carbocycles. The molecule has 0 unspecified atom stereocenters. The van der Waals surface area contributed by atoms with E-state index in [0.717, 1.165) is 0 Å². The molecule has 0 fully saturated rings. The van der Waals surface area contributed by atoms with Gasteiger partial charge in [0.15, 0.2) is 5.11 Å². The molecule has 0 saturated heterocycles. The highest BCUT2D eigenvalue weighted by Crippen LogP contribution is 1.76. The van der Waals surface area contributed by atoms with E-state index in [1.54, 1.807) is 0 Å². The Labute approximate surface area is 83.0 Å². The van der Waals surface area contributed by atoms with Crippen molar-refractivity contribution in [3.05, 3.63) is 32.6 Å². The van der Waals surface area contributed by atoms with Crippen LogP contribution in [0, 0.1) is 0 Å². The lowest BCUT2D eigenvalue weighted by atomic mass is 10.4. The van der Waals surface area contributed by atoms with E-state index in [1.807, 2.05) is 4.98 Å². The Balaban J connectivity index is 2.87. The summed E-state index contributed by atoms with van der Waals surface area (Å²) in [5, 5.41) is 3.55. The minimum Gasteiger partial charge on any atom is -0.375 e. The van der Waals surface area contributed by atoms with E-state index < -0.39 is 11.2 Å². The first-order valence-corrected chi connectivity index (χ1v) is 3.91. The lowest BCUT2D eigenvalue weighted by Crippen LogP contribution is -2.25. The van der Waals surface area contributed by atoms with Gasteiger partial charge in [-0.1, -0.05) is 0 Å². The molecule has 0 atom stereocenters. The Hall–Kier alpha value is -1.96. The summed E-state index contributed by atoms with van der Waals surface area (Å²) in [5.41, 5.74) is 6.50. The molecule has 0 aliphatic heterocycles. The normalized spacial score (nSPS) is 10.3. The molecule has 1 heterocycles. The van der Waals surface area contributed by atoms with E-state index in [9.17, 15) is 9.59 Å². The molecule has 0 aliphatic rings. The van der Waals surface area contributed by atoms with E-state index in [4.69, 9.17) is 5.73 Å². The topological polar surface area (TPSA) is 116 Å². The first-order valence-electron chi connectivity index (χ1n) is 3.50. The minimum atomic E-state index is -0.603. The predicted molar refractivity (Wildman–Crippen MR) is 55.2 cm³/mol. The maximum atomic E-state index is 10.8. The highest BCUT2D eigenvalue weighted by Gasteiger charge is 1.91. The van der Waals surface area contributed by atoms with Crippen LogP contribution in [0.4, 0.5) is 0 Å². The number of rotatable bonds is 2. The number of hydrazone groups is 1. The standard InChI is InChI=1S/C6H7N5O2S/c7-5(14)11-8-2-3-1-4(12)10-6(13)9-3/h1-2H,(H3,7,11,14)(H2,9,10,12,13)/b8-2-. The van der Waals surface area contributed by atoms with Gasteiger partial charge in [0.25, 0.3) is 5.56 Å². The van der Waals surface area contributed by atoms with E-state index in [1.165, 1.54) is 12.3 Å². The van der Waals surface area contributed by atoms with Crippen LogP contribution in [0.15, 0.2) is 20.8 Å². The monoisotopic (exact) mass is 213 g/mol. The fourth-order valence-corrected chi connectivity index (χ4v) is 0.775. The number of aromatic amines is 2. The largest absolute Gasteiger partial charge is 0.375 e. The van der Waals surface area contributed by atoms with Gasteiger partial charge in [-0.15, -0.1) is 0 Å². The Bertz CT molecular complexity index is 445. The molecular weight excluding hydrogens is 206 g/mol. The van der Waals surface area contributed by atoms with Crippen LogP contribution in [-0.4, -0.2) is 21.3 Å². The van der Waals surface area contributed by atoms with Crippen LogP contribution in [0.1, 0.15) is 5.69 Å². The van der Waals surface area contributed by atoms with Gasteiger partial charge in [-0.05, 0) is 12.2 Å². The summed E-state index contributed by atoms with van der Waals surface area (Å²) in [4.78, 5) is 25.9. The molecule has 5 N–H and O–H groups in total. The van der Waals surface area contributed by atoms with Crippen molar-refractivity contribution in [1.29, 1.82) is 0 Å². The van der Waals surface area contributed by atoms with Crippen LogP contribution in [0.5, 0.6) is 0 Å². The third-order valence-electron chi connectivity index (χ3n) is 1.16. The van der Waals surface area contributed by atoms with Gasteiger partial charge >= 0.3 is 5.69 Å². The summed E-state index contributed by atoms with van der Waals surface area (Å²) in [7, 11) is 0. The molecule has 0 aliphatic carbocycles. The fourth-order valence-electron chi connectivity index (χ4n) is 0.723. The third kappa shape index (κ3) is 3.19. The molecule has 0 aromatic carbocycles. The molecule has 7 nitrogen and oxygen atoms in total. The van der Waals surface area contributed by atoms with Crippen LogP contribution in [-0.2, 0) is 0 Å². The van der Waals surface area contributed by atoms with E-state index >= 15 is 0 Å². The smallest absolute Gasteiger partial charge is 0.326 e. The molecule has 1 aromatic rings. The van der Waals surface area contributed by atoms with Crippen molar-refractivity contribution < 1.29 is 0 Å². The molecule has 0 radical (unpaired) electrons. The molecule has 0 bridgehead atoms. The zero-order valence-corrected chi connectivity index (χ0v) is 7.72. The highest BCUT2D eigenvalue weighted by atomic mass is 32.1. The molecular formula is C6H7N5O2S. The first kappa shape index (κ1) is 10.1. The third-order valence-corrected chi connectivity index (χ3v) is 1.25. The number of thiocarbonyl (C=S) groups is 1. The fraction of sp³-hybridized carbons (Fsp3) is 0. The van der Waals surface area contributed by atoms with Gasteiger partial charge in [0.1, 0.15) is 0 Å². The Kier molecular flexibility index (Phi) is 3.13. The summed E-state index contributed by atoms with van der Waals surface area (Å²) in [6.07, 6.45) is 1.22. The van der Waals surface area contributed by atoms with Crippen molar-refractivity contribution in [3.63, 3.8) is 0 Å². The van der Waals surface area contributed by atoms with Crippen LogP contribution in [0.3, 0.4) is 0 Å². The summed E-state index contributed by atoms with van der Waals surface area (Å²) in [5.74, 6) is 0. The van der Waals surface area contributed by atoms with Gasteiger partial charge in [-0.2, -0.15) is 5.10 Å². The summed E-state index contributed by atoms with van der Waals surface area (Å²) >= 11 is 4.48. The number of hydrogen-bond acceptors (Lipinski definition) is 4. The molecule has 8 heteroatoms. The van der Waals surface area contributed by atoms with Gasteiger partial charge in [0.05, 0.1) is 11.9 Å². The predicted octanol–water partition coefficient (Wildman–Crippen LogP) is -1.77. The lowest BCUT2D eigenvalue weighted by molar-refractivity contribution is 1.01. The average molecular weight is 213 g/mol. The van der Waals surface area contributed by atoms with Crippen molar-refractivity contribution in [2.24, 2.45) is 10.8 Å². The van der Waals surface area contributed by atoms with Crippen molar-refractivity contribution >= 4 is 23.5 Å². The van der Waals surface area contributed by atoms with Crippen molar-refractivity contribution in [3.8, 4) is 0 Å². The van der Waals surface area contributed by atoms with Gasteiger partial charge in [-0.3, -0.25) is 15.2 Å². The van der Waals surface area contributed by atoms with Crippen LogP contribution >= 0.6 is 12.2 Å². The highest BCUT2D eigenvalue weighted by molar-refractivity contribution is 7.80. The molecule has 1 aromatic heterocycles.